The Bertz CT molecular complexity index is 287. The summed E-state index contributed by atoms with van der Waals surface area (Å²) in [5, 5.41) is 5.76. The summed E-state index contributed by atoms with van der Waals surface area (Å²) in [4.78, 5) is 23.1. The third-order valence-corrected chi connectivity index (χ3v) is 3.35. The Morgan fingerprint density at radius 2 is 2.00 bits per heavy atom. The molecule has 1 amide bonds. The van der Waals surface area contributed by atoms with E-state index >= 15 is 0 Å². The average Bonchev–Trinajstić information content (AvgIpc) is 2.33. The van der Waals surface area contributed by atoms with E-state index in [1.54, 1.807) is 0 Å². The lowest BCUT2D eigenvalue weighted by Gasteiger charge is -2.25. The van der Waals surface area contributed by atoms with Gasteiger partial charge in [0.15, 0.2) is 0 Å². The smallest absolute Gasteiger partial charge is 0.308 e. The van der Waals surface area contributed by atoms with Gasteiger partial charge in [0, 0.05) is 13.1 Å². The molecule has 1 saturated heterocycles. The first-order valence-electron chi connectivity index (χ1n) is 6.46. The molecule has 1 saturated carbocycles. The minimum Gasteiger partial charge on any atom is -0.462 e. The molecule has 0 aromatic heterocycles. The summed E-state index contributed by atoms with van der Waals surface area (Å²) < 4.78 is 5.38. The molecule has 1 heterocycles. The van der Waals surface area contributed by atoms with Gasteiger partial charge in [0.25, 0.3) is 0 Å². The van der Waals surface area contributed by atoms with Gasteiger partial charge >= 0.3 is 5.97 Å². The van der Waals surface area contributed by atoms with Gasteiger partial charge in [-0.15, -0.1) is 0 Å². The van der Waals surface area contributed by atoms with E-state index in [0.717, 1.165) is 25.7 Å². The second kappa shape index (κ2) is 6.00. The SMILES string of the molecule is O=C(C[C@@H]1NCCNC1=O)OC1CCCCC1. The monoisotopic (exact) mass is 240 g/mol. The molecule has 2 fully saturated rings. The molecule has 1 aliphatic carbocycles. The van der Waals surface area contributed by atoms with Crippen LogP contribution in [0.2, 0.25) is 0 Å². The Labute approximate surface area is 101 Å². The van der Waals surface area contributed by atoms with Crippen molar-refractivity contribution >= 4 is 11.9 Å². The lowest BCUT2D eigenvalue weighted by Crippen LogP contribution is -2.53. The quantitative estimate of drug-likeness (QED) is 0.698. The number of rotatable bonds is 3. The van der Waals surface area contributed by atoms with Crippen molar-refractivity contribution in [3.05, 3.63) is 0 Å². The number of carbonyl (C=O) groups excluding carboxylic acids is 2. The Morgan fingerprint density at radius 3 is 2.71 bits per heavy atom. The minimum atomic E-state index is -0.417. The lowest BCUT2D eigenvalue weighted by atomic mass is 9.98. The van der Waals surface area contributed by atoms with Crippen LogP contribution in [-0.4, -0.2) is 37.1 Å². The number of piperazine rings is 1. The van der Waals surface area contributed by atoms with Gasteiger partial charge in [0.2, 0.25) is 5.91 Å². The molecule has 5 heteroatoms. The van der Waals surface area contributed by atoms with Crippen molar-refractivity contribution in [1.82, 2.24) is 10.6 Å². The molecular formula is C12H20N2O3. The molecule has 1 atom stereocenters. The van der Waals surface area contributed by atoms with E-state index in [4.69, 9.17) is 4.74 Å². The van der Waals surface area contributed by atoms with Crippen LogP contribution in [0, 0.1) is 0 Å². The highest BCUT2D eigenvalue weighted by molar-refractivity contribution is 5.87. The highest BCUT2D eigenvalue weighted by Gasteiger charge is 2.26. The number of carbonyl (C=O) groups is 2. The predicted molar refractivity (Wildman–Crippen MR) is 62.4 cm³/mol. The molecule has 2 rings (SSSR count). The predicted octanol–water partition coefficient (Wildman–Crippen LogP) is 0.340. The van der Waals surface area contributed by atoms with Crippen molar-refractivity contribution in [2.75, 3.05) is 13.1 Å². The Balaban J connectivity index is 1.74. The van der Waals surface area contributed by atoms with Crippen molar-refractivity contribution in [1.29, 1.82) is 0 Å². The van der Waals surface area contributed by atoms with Crippen LogP contribution in [0.4, 0.5) is 0 Å². The van der Waals surface area contributed by atoms with Crippen molar-refractivity contribution in [3.63, 3.8) is 0 Å². The van der Waals surface area contributed by atoms with Crippen molar-refractivity contribution in [2.24, 2.45) is 0 Å². The van der Waals surface area contributed by atoms with Crippen molar-refractivity contribution in [2.45, 2.75) is 50.7 Å². The maximum Gasteiger partial charge on any atom is 0.308 e. The fourth-order valence-electron chi connectivity index (χ4n) is 2.40. The third kappa shape index (κ3) is 3.70. The van der Waals surface area contributed by atoms with Gasteiger partial charge in [0.05, 0.1) is 12.5 Å². The van der Waals surface area contributed by atoms with Crippen LogP contribution in [0.15, 0.2) is 0 Å². The van der Waals surface area contributed by atoms with Gasteiger partial charge in [-0.1, -0.05) is 6.42 Å². The van der Waals surface area contributed by atoms with E-state index in [1.165, 1.54) is 6.42 Å². The fourth-order valence-corrected chi connectivity index (χ4v) is 2.40. The average molecular weight is 240 g/mol. The van der Waals surface area contributed by atoms with Gasteiger partial charge < -0.3 is 15.4 Å². The standard InChI is InChI=1S/C12H20N2O3/c15-11(17-9-4-2-1-3-5-9)8-10-12(16)14-7-6-13-10/h9-10,13H,1-8H2,(H,14,16)/t10-/m0/s1. The highest BCUT2D eigenvalue weighted by atomic mass is 16.5. The van der Waals surface area contributed by atoms with Gasteiger partial charge in [-0.3, -0.25) is 9.59 Å². The van der Waals surface area contributed by atoms with E-state index in [9.17, 15) is 9.59 Å². The third-order valence-electron chi connectivity index (χ3n) is 3.35. The molecule has 96 valence electrons. The maximum absolute atomic E-state index is 11.7. The number of hydrogen-bond donors (Lipinski definition) is 2. The molecule has 5 nitrogen and oxygen atoms in total. The van der Waals surface area contributed by atoms with Crippen LogP contribution in [0.25, 0.3) is 0 Å². The summed E-state index contributed by atoms with van der Waals surface area (Å²) in [6.07, 6.45) is 5.66. The molecule has 17 heavy (non-hydrogen) atoms. The van der Waals surface area contributed by atoms with Crippen LogP contribution in [0.5, 0.6) is 0 Å². The Hall–Kier alpha value is -1.10. The summed E-state index contributed by atoms with van der Waals surface area (Å²) in [5.74, 6) is -0.358. The molecule has 0 radical (unpaired) electrons. The minimum absolute atomic E-state index is 0.0721. The number of esters is 1. The van der Waals surface area contributed by atoms with E-state index in [0.29, 0.717) is 13.1 Å². The number of amides is 1. The lowest BCUT2D eigenvalue weighted by molar-refractivity contribution is -0.152. The van der Waals surface area contributed by atoms with E-state index in [2.05, 4.69) is 10.6 Å². The van der Waals surface area contributed by atoms with E-state index in [1.807, 2.05) is 0 Å². The summed E-state index contributed by atoms with van der Waals surface area (Å²) in [7, 11) is 0. The first-order chi connectivity index (χ1) is 8.25. The molecule has 2 aliphatic rings. The Morgan fingerprint density at radius 1 is 1.24 bits per heavy atom. The van der Waals surface area contributed by atoms with Gasteiger partial charge in [-0.2, -0.15) is 0 Å². The zero-order valence-electron chi connectivity index (χ0n) is 10.0. The molecular weight excluding hydrogens is 220 g/mol. The summed E-state index contributed by atoms with van der Waals surface area (Å²) in [6, 6.07) is -0.417. The second-order valence-electron chi connectivity index (χ2n) is 4.75. The number of ether oxygens (including phenoxy) is 1. The topological polar surface area (TPSA) is 67.4 Å². The van der Waals surface area contributed by atoms with Gasteiger partial charge in [-0.25, -0.2) is 0 Å². The van der Waals surface area contributed by atoms with Crippen molar-refractivity contribution < 1.29 is 14.3 Å². The van der Waals surface area contributed by atoms with Crippen LogP contribution in [0.1, 0.15) is 38.5 Å². The van der Waals surface area contributed by atoms with Gasteiger partial charge in [0.1, 0.15) is 6.10 Å². The molecule has 0 aromatic carbocycles. The molecule has 1 aliphatic heterocycles. The summed E-state index contributed by atoms with van der Waals surface area (Å²) in [6.45, 7) is 1.35. The highest BCUT2D eigenvalue weighted by Crippen LogP contribution is 2.20. The summed E-state index contributed by atoms with van der Waals surface area (Å²) >= 11 is 0. The van der Waals surface area contributed by atoms with Crippen LogP contribution in [0.3, 0.4) is 0 Å². The zero-order chi connectivity index (χ0) is 12.1. The van der Waals surface area contributed by atoms with Crippen LogP contribution >= 0.6 is 0 Å². The fraction of sp³-hybridized carbons (Fsp3) is 0.833. The first-order valence-corrected chi connectivity index (χ1v) is 6.46. The van der Waals surface area contributed by atoms with Crippen LogP contribution < -0.4 is 10.6 Å². The first kappa shape index (κ1) is 12.4. The summed E-state index contributed by atoms with van der Waals surface area (Å²) in [5.41, 5.74) is 0. The molecule has 0 bridgehead atoms. The Kier molecular flexibility index (Phi) is 4.36. The van der Waals surface area contributed by atoms with E-state index in [-0.39, 0.29) is 24.4 Å². The normalized spacial score (nSPS) is 26.4. The molecule has 0 aromatic rings. The maximum atomic E-state index is 11.7. The largest absolute Gasteiger partial charge is 0.462 e. The zero-order valence-corrected chi connectivity index (χ0v) is 10.0. The molecule has 0 unspecified atom stereocenters. The molecule has 2 N–H and O–H groups in total. The number of hydrogen-bond acceptors (Lipinski definition) is 4. The number of nitrogens with one attached hydrogen (secondary N) is 2. The van der Waals surface area contributed by atoms with Crippen LogP contribution in [-0.2, 0) is 14.3 Å². The second-order valence-corrected chi connectivity index (χ2v) is 4.75. The van der Waals surface area contributed by atoms with Gasteiger partial charge in [-0.05, 0) is 25.7 Å². The molecule has 0 spiro atoms. The van der Waals surface area contributed by atoms with Crippen molar-refractivity contribution in [3.8, 4) is 0 Å². The van der Waals surface area contributed by atoms with E-state index < -0.39 is 6.04 Å².